The van der Waals surface area contributed by atoms with Crippen molar-refractivity contribution in [3.63, 3.8) is 0 Å². The summed E-state index contributed by atoms with van der Waals surface area (Å²) in [6, 6.07) is 4.08. The first kappa shape index (κ1) is 11.3. The predicted molar refractivity (Wildman–Crippen MR) is 68.3 cm³/mol. The Morgan fingerprint density at radius 1 is 1.33 bits per heavy atom. The molecule has 2 aromatic heterocycles. The lowest BCUT2D eigenvalue weighted by atomic mass is 10.2. The van der Waals surface area contributed by atoms with Crippen molar-refractivity contribution < 1.29 is 4.74 Å². The van der Waals surface area contributed by atoms with Crippen LogP contribution in [0.25, 0.3) is 11.2 Å². The molecule has 0 amide bonds. The lowest BCUT2D eigenvalue weighted by Gasteiger charge is -2.35. The summed E-state index contributed by atoms with van der Waals surface area (Å²) < 4.78 is 5.43. The van der Waals surface area contributed by atoms with Gasteiger partial charge >= 0.3 is 0 Å². The number of nitrogens with zero attached hydrogens (tertiary/aromatic N) is 4. The second kappa shape index (κ2) is 4.83. The van der Waals surface area contributed by atoms with E-state index in [0.717, 1.165) is 17.9 Å². The summed E-state index contributed by atoms with van der Waals surface area (Å²) in [5.74, 6) is 0.891. The summed E-state index contributed by atoms with van der Waals surface area (Å²) in [4.78, 5) is 15.2. The number of hydrogen-bond acceptors (Lipinski definition) is 6. The highest BCUT2D eigenvalue weighted by Gasteiger charge is 2.23. The maximum atomic E-state index is 5.77. The Morgan fingerprint density at radius 3 is 3.11 bits per heavy atom. The van der Waals surface area contributed by atoms with Gasteiger partial charge in [0.25, 0.3) is 0 Å². The van der Waals surface area contributed by atoms with E-state index in [1.165, 1.54) is 0 Å². The van der Waals surface area contributed by atoms with E-state index >= 15 is 0 Å². The molecule has 1 saturated heterocycles. The minimum atomic E-state index is 0.181. The minimum absolute atomic E-state index is 0.181. The average Bonchev–Trinajstić information content (AvgIpc) is 2.46. The molecule has 6 nitrogen and oxygen atoms in total. The van der Waals surface area contributed by atoms with Crippen LogP contribution in [0.1, 0.15) is 0 Å². The summed E-state index contributed by atoms with van der Waals surface area (Å²) >= 11 is 0. The van der Waals surface area contributed by atoms with Gasteiger partial charge in [-0.3, -0.25) is 4.98 Å². The molecule has 1 aliphatic rings. The second-order valence-electron chi connectivity index (χ2n) is 4.23. The van der Waals surface area contributed by atoms with Gasteiger partial charge in [0.15, 0.2) is 5.65 Å². The van der Waals surface area contributed by atoms with E-state index in [1.807, 2.05) is 12.1 Å². The van der Waals surface area contributed by atoms with Crippen LogP contribution >= 0.6 is 0 Å². The molecule has 1 unspecified atom stereocenters. The van der Waals surface area contributed by atoms with E-state index in [9.17, 15) is 0 Å². The smallest absolute Gasteiger partial charge is 0.180 e. The van der Waals surface area contributed by atoms with Gasteiger partial charge in [-0.2, -0.15) is 0 Å². The van der Waals surface area contributed by atoms with Crippen LogP contribution in [0, 0.1) is 0 Å². The van der Waals surface area contributed by atoms with E-state index in [-0.39, 0.29) is 6.04 Å². The molecule has 3 heterocycles. The number of pyridine rings is 1. The largest absolute Gasteiger partial charge is 0.377 e. The third-order valence-corrected chi connectivity index (χ3v) is 3.11. The van der Waals surface area contributed by atoms with Crippen molar-refractivity contribution in [2.75, 3.05) is 31.2 Å². The fourth-order valence-electron chi connectivity index (χ4n) is 2.16. The van der Waals surface area contributed by atoms with Crippen molar-refractivity contribution in [2.24, 2.45) is 5.73 Å². The van der Waals surface area contributed by atoms with Crippen molar-refractivity contribution in [1.82, 2.24) is 15.0 Å². The molecule has 0 bridgehead atoms. The number of aromatic nitrogens is 3. The highest BCUT2D eigenvalue weighted by molar-refractivity contribution is 5.71. The van der Waals surface area contributed by atoms with Crippen LogP contribution in [0.3, 0.4) is 0 Å². The number of hydrogen-bond donors (Lipinski definition) is 1. The standard InChI is InChI=1S/C12H15N5O/c13-7-9-8-18-6-5-17(9)11-2-1-10-12(16-11)15-4-3-14-10/h1-4,9H,5-8,13H2. The quantitative estimate of drug-likeness (QED) is 0.813. The van der Waals surface area contributed by atoms with Gasteiger partial charge in [0.1, 0.15) is 11.3 Å². The Balaban J connectivity index is 1.97. The normalized spacial score (nSPS) is 20.3. The van der Waals surface area contributed by atoms with Gasteiger partial charge in [-0.25, -0.2) is 9.97 Å². The molecule has 2 N–H and O–H groups in total. The predicted octanol–water partition coefficient (Wildman–Crippen LogP) is 0.189. The van der Waals surface area contributed by atoms with Crippen molar-refractivity contribution in [3.8, 4) is 0 Å². The van der Waals surface area contributed by atoms with E-state index in [2.05, 4.69) is 19.9 Å². The van der Waals surface area contributed by atoms with E-state index < -0.39 is 0 Å². The second-order valence-corrected chi connectivity index (χ2v) is 4.23. The van der Waals surface area contributed by atoms with Gasteiger partial charge in [-0.05, 0) is 12.1 Å². The van der Waals surface area contributed by atoms with E-state index in [1.54, 1.807) is 12.4 Å². The van der Waals surface area contributed by atoms with Crippen molar-refractivity contribution in [3.05, 3.63) is 24.5 Å². The molecule has 0 aliphatic carbocycles. The maximum absolute atomic E-state index is 5.77. The number of anilines is 1. The lowest BCUT2D eigenvalue weighted by Crippen LogP contribution is -2.49. The Kier molecular flexibility index (Phi) is 3.04. The first-order valence-electron chi connectivity index (χ1n) is 6.00. The third-order valence-electron chi connectivity index (χ3n) is 3.11. The number of ether oxygens (including phenoxy) is 1. The fraction of sp³-hybridized carbons (Fsp3) is 0.417. The topological polar surface area (TPSA) is 77.2 Å². The van der Waals surface area contributed by atoms with Crippen LogP contribution < -0.4 is 10.6 Å². The van der Waals surface area contributed by atoms with Crippen LogP contribution in [0.5, 0.6) is 0 Å². The molecule has 3 rings (SSSR count). The van der Waals surface area contributed by atoms with Crippen molar-refractivity contribution in [1.29, 1.82) is 0 Å². The molecular formula is C12H15N5O. The van der Waals surface area contributed by atoms with Gasteiger partial charge in [-0.15, -0.1) is 0 Å². The van der Waals surface area contributed by atoms with Gasteiger partial charge in [0.05, 0.1) is 19.3 Å². The first-order valence-corrected chi connectivity index (χ1v) is 6.00. The number of nitrogens with two attached hydrogens (primary N) is 1. The number of morpholine rings is 1. The Labute approximate surface area is 105 Å². The monoisotopic (exact) mass is 245 g/mol. The maximum Gasteiger partial charge on any atom is 0.180 e. The first-order chi connectivity index (χ1) is 8.88. The van der Waals surface area contributed by atoms with Crippen molar-refractivity contribution >= 4 is 17.0 Å². The molecule has 0 aromatic carbocycles. The van der Waals surface area contributed by atoms with Crippen LogP contribution in [0.2, 0.25) is 0 Å². The highest BCUT2D eigenvalue weighted by atomic mass is 16.5. The molecule has 1 aliphatic heterocycles. The summed E-state index contributed by atoms with van der Waals surface area (Å²) in [7, 11) is 0. The highest BCUT2D eigenvalue weighted by Crippen LogP contribution is 2.19. The molecule has 0 spiro atoms. The number of rotatable bonds is 2. The van der Waals surface area contributed by atoms with Crippen LogP contribution in [0.4, 0.5) is 5.82 Å². The molecular weight excluding hydrogens is 230 g/mol. The molecule has 0 radical (unpaired) electrons. The third kappa shape index (κ3) is 2.00. The minimum Gasteiger partial charge on any atom is -0.377 e. The average molecular weight is 245 g/mol. The molecule has 6 heteroatoms. The molecule has 2 aromatic rings. The summed E-state index contributed by atoms with van der Waals surface area (Å²) in [6.07, 6.45) is 3.32. The van der Waals surface area contributed by atoms with Crippen molar-refractivity contribution in [2.45, 2.75) is 6.04 Å². The molecule has 1 fully saturated rings. The molecule has 18 heavy (non-hydrogen) atoms. The number of fused-ring (bicyclic) bond motifs is 1. The fourth-order valence-corrected chi connectivity index (χ4v) is 2.16. The van der Waals surface area contributed by atoms with E-state index in [4.69, 9.17) is 10.5 Å². The Hall–Kier alpha value is -1.79. The zero-order valence-corrected chi connectivity index (χ0v) is 9.99. The summed E-state index contributed by atoms with van der Waals surface area (Å²) in [5, 5.41) is 0. The van der Waals surface area contributed by atoms with Gasteiger partial charge < -0.3 is 15.4 Å². The Morgan fingerprint density at radius 2 is 2.22 bits per heavy atom. The SMILES string of the molecule is NCC1COCCN1c1ccc2nccnc2n1. The molecule has 1 atom stereocenters. The molecule has 94 valence electrons. The summed E-state index contributed by atoms with van der Waals surface area (Å²) in [5.41, 5.74) is 7.23. The van der Waals surface area contributed by atoms with E-state index in [0.29, 0.717) is 25.4 Å². The zero-order chi connectivity index (χ0) is 12.4. The van der Waals surface area contributed by atoms with Gasteiger partial charge in [-0.1, -0.05) is 0 Å². The molecule has 0 saturated carbocycles. The van der Waals surface area contributed by atoms with Crippen LogP contribution in [-0.4, -0.2) is 47.3 Å². The van der Waals surface area contributed by atoms with Crippen LogP contribution in [0.15, 0.2) is 24.5 Å². The van der Waals surface area contributed by atoms with Gasteiger partial charge in [0, 0.05) is 25.5 Å². The summed E-state index contributed by atoms with van der Waals surface area (Å²) in [6.45, 7) is 2.72. The van der Waals surface area contributed by atoms with Gasteiger partial charge in [0.2, 0.25) is 0 Å². The zero-order valence-electron chi connectivity index (χ0n) is 9.99. The lowest BCUT2D eigenvalue weighted by molar-refractivity contribution is 0.0959. The Bertz CT molecular complexity index is 547. The van der Waals surface area contributed by atoms with Crippen LogP contribution in [-0.2, 0) is 4.74 Å².